The molecule has 0 radical (unpaired) electrons. The van der Waals surface area contributed by atoms with Gasteiger partial charge in [-0.2, -0.15) is 5.26 Å². The number of hydrogen-bond acceptors (Lipinski definition) is 4. The Morgan fingerprint density at radius 1 is 1.21 bits per heavy atom. The smallest absolute Gasteiger partial charge is 0.119 e. The minimum absolute atomic E-state index is 0. The first-order chi connectivity index (χ1) is 16.2. The summed E-state index contributed by atoms with van der Waals surface area (Å²) in [6.07, 6.45) is 2.51. The van der Waals surface area contributed by atoms with Crippen LogP contribution in [-0.2, 0) is 11.8 Å². The molecule has 184 valence electrons. The molecule has 1 aliphatic carbocycles. The van der Waals surface area contributed by atoms with Crippen LogP contribution in [0.1, 0.15) is 83.6 Å². The molecule has 0 aromatic heterocycles. The number of hydrogen-bond donors (Lipinski definition) is 2. The van der Waals surface area contributed by atoms with Crippen LogP contribution in [0.5, 0.6) is 5.75 Å². The minimum Gasteiger partial charge on any atom is -0.489 e. The summed E-state index contributed by atoms with van der Waals surface area (Å²) in [4.78, 5) is 0. The molecule has 1 atom stereocenters. The Hall–Kier alpha value is -2.99. The van der Waals surface area contributed by atoms with E-state index in [1.54, 1.807) is 6.92 Å². The van der Waals surface area contributed by atoms with Crippen LogP contribution in [-0.4, -0.2) is 24.4 Å². The minimum atomic E-state index is -0.364. The summed E-state index contributed by atoms with van der Waals surface area (Å²) in [7, 11) is 0. The third kappa shape index (κ3) is 6.76. The number of nitrogens with zero attached hydrogens (tertiary/aromatic N) is 1. The molecule has 1 aliphatic rings. The highest BCUT2D eigenvalue weighted by Crippen LogP contribution is 2.35. The van der Waals surface area contributed by atoms with Crippen molar-refractivity contribution in [3.8, 4) is 11.8 Å². The lowest BCUT2D eigenvalue weighted by atomic mass is 9.76. The zero-order chi connectivity index (χ0) is 25.3. The van der Waals surface area contributed by atoms with E-state index in [0.29, 0.717) is 13.2 Å². The molecule has 0 saturated heterocycles. The lowest BCUT2D eigenvalue weighted by Gasteiger charge is -2.28. The Morgan fingerprint density at radius 3 is 2.41 bits per heavy atom. The van der Waals surface area contributed by atoms with Gasteiger partial charge < -0.3 is 15.2 Å². The second-order valence-corrected chi connectivity index (χ2v) is 9.22. The molecule has 0 aliphatic heterocycles. The van der Waals surface area contributed by atoms with Crippen LogP contribution in [0.25, 0.3) is 0 Å². The van der Waals surface area contributed by atoms with Crippen LogP contribution in [0.15, 0.2) is 53.4 Å². The number of aliphatic hydroxyl groups is 1. The summed E-state index contributed by atoms with van der Waals surface area (Å²) < 4.78 is 5.93. The van der Waals surface area contributed by atoms with Gasteiger partial charge in [-0.05, 0) is 60.7 Å². The Bertz CT molecular complexity index is 1070. The number of ether oxygens (including phenoxy) is 1. The van der Waals surface area contributed by atoms with E-state index in [1.165, 1.54) is 16.7 Å². The largest absolute Gasteiger partial charge is 0.489 e. The average Bonchev–Trinajstić information content (AvgIpc) is 2.80. The predicted molar refractivity (Wildman–Crippen MR) is 142 cm³/mol. The SMILES string of the molecule is CC.CCCc1cc(C(C)(C)c2ccc(OCC3=C=C(NCC(C)O)C3)cc2)cc(C#N)c1C.[HH]. The standard InChI is InChI=1S/C28H34N2O2.C2H6.H2/c1-6-7-22-14-25(15-23(16-29)20(22)3)28(4,5)24-8-10-27(11-9-24)32-18-21-12-26(13-21)30-17-19(2)31;1-2;/h8-11,14-15,19,30-31H,6-7,12,17-18H2,1-5H3;1-2H3;1H. The van der Waals surface area contributed by atoms with Crippen molar-refractivity contribution in [3.05, 3.63) is 81.2 Å². The predicted octanol–water partition coefficient (Wildman–Crippen LogP) is 6.58. The molecule has 0 saturated carbocycles. The van der Waals surface area contributed by atoms with E-state index in [1.807, 2.05) is 39.0 Å². The first-order valence-electron chi connectivity index (χ1n) is 12.4. The van der Waals surface area contributed by atoms with Crippen LogP contribution in [0.4, 0.5) is 0 Å². The molecule has 0 amide bonds. The van der Waals surface area contributed by atoms with Gasteiger partial charge >= 0.3 is 0 Å². The second-order valence-electron chi connectivity index (χ2n) is 9.22. The van der Waals surface area contributed by atoms with Gasteiger partial charge in [-0.25, -0.2) is 0 Å². The Morgan fingerprint density at radius 2 is 1.85 bits per heavy atom. The molecule has 4 heteroatoms. The number of aryl methyl sites for hydroxylation is 1. The monoisotopic (exact) mass is 462 g/mol. The van der Waals surface area contributed by atoms with E-state index in [4.69, 9.17) is 4.74 Å². The molecular formula is C30H42N2O2. The Kier molecular flexibility index (Phi) is 9.99. The van der Waals surface area contributed by atoms with Gasteiger partial charge in [-0.15, -0.1) is 0 Å². The van der Waals surface area contributed by atoms with Crippen LogP contribution in [0.3, 0.4) is 0 Å². The van der Waals surface area contributed by atoms with E-state index in [2.05, 4.69) is 56.1 Å². The van der Waals surface area contributed by atoms with Crippen LogP contribution in [0.2, 0.25) is 0 Å². The third-order valence-electron chi connectivity index (χ3n) is 6.19. The van der Waals surface area contributed by atoms with Gasteiger partial charge in [0.15, 0.2) is 0 Å². The van der Waals surface area contributed by atoms with Crippen molar-refractivity contribution < 1.29 is 11.3 Å². The lowest BCUT2D eigenvalue weighted by molar-refractivity contribution is 0.194. The Labute approximate surface area is 207 Å². The van der Waals surface area contributed by atoms with Gasteiger partial charge in [-0.1, -0.05) is 65.0 Å². The zero-order valence-electron chi connectivity index (χ0n) is 21.9. The highest BCUT2D eigenvalue weighted by Gasteiger charge is 2.25. The van der Waals surface area contributed by atoms with E-state index in [-0.39, 0.29) is 12.9 Å². The molecule has 3 rings (SSSR count). The van der Waals surface area contributed by atoms with Crippen LogP contribution >= 0.6 is 0 Å². The maximum absolute atomic E-state index is 9.62. The van der Waals surface area contributed by atoms with Crippen molar-refractivity contribution in [2.45, 2.75) is 79.2 Å². The fourth-order valence-electron chi connectivity index (χ4n) is 3.96. The summed E-state index contributed by atoms with van der Waals surface area (Å²) in [5, 5.41) is 22.1. The van der Waals surface area contributed by atoms with E-state index in [9.17, 15) is 10.4 Å². The van der Waals surface area contributed by atoms with Gasteiger partial charge in [0.25, 0.3) is 0 Å². The molecule has 2 N–H and O–H groups in total. The maximum Gasteiger partial charge on any atom is 0.119 e. The molecule has 0 bridgehead atoms. The van der Waals surface area contributed by atoms with Crippen molar-refractivity contribution in [1.82, 2.24) is 5.32 Å². The topological polar surface area (TPSA) is 65.3 Å². The lowest BCUT2D eigenvalue weighted by Crippen LogP contribution is -2.26. The number of benzene rings is 2. The molecule has 2 aromatic carbocycles. The van der Waals surface area contributed by atoms with Gasteiger partial charge in [0.1, 0.15) is 12.4 Å². The molecule has 0 fully saturated rings. The fraction of sp³-hybridized carbons (Fsp3) is 0.467. The molecule has 0 spiro atoms. The van der Waals surface area contributed by atoms with Crippen LogP contribution < -0.4 is 10.1 Å². The Balaban J connectivity index is 0.00000199. The van der Waals surface area contributed by atoms with Gasteiger partial charge in [0, 0.05) is 25.4 Å². The zero-order valence-corrected chi connectivity index (χ0v) is 21.9. The average molecular weight is 463 g/mol. The maximum atomic E-state index is 9.62. The summed E-state index contributed by atoms with van der Waals surface area (Å²) in [6, 6.07) is 14.9. The van der Waals surface area contributed by atoms with Crippen LogP contribution in [0, 0.1) is 18.3 Å². The van der Waals surface area contributed by atoms with Crippen molar-refractivity contribution in [1.29, 1.82) is 5.26 Å². The van der Waals surface area contributed by atoms with Crippen molar-refractivity contribution in [3.63, 3.8) is 0 Å². The quantitative estimate of drug-likeness (QED) is 0.391. The first kappa shape index (κ1) is 27.3. The molecule has 2 aromatic rings. The van der Waals surface area contributed by atoms with Gasteiger partial charge in [0.2, 0.25) is 0 Å². The molecule has 0 heterocycles. The van der Waals surface area contributed by atoms with Crippen molar-refractivity contribution in [2.75, 3.05) is 13.2 Å². The summed E-state index contributed by atoms with van der Waals surface area (Å²) in [6.45, 7) is 15.5. The fourth-order valence-corrected chi connectivity index (χ4v) is 3.96. The molecule has 4 nitrogen and oxygen atoms in total. The van der Waals surface area contributed by atoms with Gasteiger partial charge in [-0.3, -0.25) is 0 Å². The number of rotatable bonds is 10. The number of nitrogens with one attached hydrogen (secondary N) is 1. The molecule has 1 unspecified atom stereocenters. The molecular weight excluding hydrogens is 420 g/mol. The van der Waals surface area contributed by atoms with Gasteiger partial charge in [0.05, 0.1) is 23.4 Å². The number of nitriles is 1. The summed E-state index contributed by atoms with van der Waals surface area (Å²) in [5.41, 5.74) is 10.7. The number of aliphatic hydroxyl groups excluding tert-OH is 1. The van der Waals surface area contributed by atoms with E-state index < -0.39 is 0 Å². The molecule has 34 heavy (non-hydrogen) atoms. The highest BCUT2D eigenvalue weighted by atomic mass is 16.5. The normalized spacial score (nSPS) is 13.4. The first-order valence-corrected chi connectivity index (χ1v) is 12.4. The van der Waals surface area contributed by atoms with Crippen molar-refractivity contribution >= 4 is 0 Å². The van der Waals surface area contributed by atoms with E-state index >= 15 is 0 Å². The summed E-state index contributed by atoms with van der Waals surface area (Å²) in [5.74, 6) is 0.831. The van der Waals surface area contributed by atoms with Crippen molar-refractivity contribution in [2.24, 2.45) is 0 Å². The third-order valence-corrected chi connectivity index (χ3v) is 6.19. The second kappa shape index (κ2) is 12.5. The van der Waals surface area contributed by atoms with E-state index in [0.717, 1.165) is 47.4 Å². The highest BCUT2D eigenvalue weighted by molar-refractivity contribution is 5.50. The summed E-state index contributed by atoms with van der Waals surface area (Å²) >= 11 is 0.